The van der Waals surface area contributed by atoms with Gasteiger partial charge in [-0.2, -0.15) is 4.39 Å². The van der Waals surface area contributed by atoms with Crippen molar-refractivity contribution >= 4 is 5.97 Å². The maximum atomic E-state index is 13.2. The summed E-state index contributed by atoms with van der Waals surface area (Å²) in [6, 6.07) is 0. The Morgan fingerprint density at radius 1 is 1.19 bits per heavy atom. The predicted molar refractivity (Wildman–Crippen MR) is 103 cm³/mol. The quantitative estimate of drug-likeness (QED) is 0.468. The normalized spacial score (nSPS) is 13.8. The van der Waals surface area contributed by atoms with Gasteiger partial charge in [-0.25, -0.2) is 4.79 Å². The predicted octanol–water partition coefficient (Wildman–Crippen LogP) is 3.49. The molecule has 1 rings (SSSR count). The Balaban J connectivity index is 2.35. The second kappa shape index (κ2) is 10.4. The van der Waals surface area contributed by atoms with Gasteiger partial charge < -0.3 is 9.72 Å². The van der Waals surface area contributed by atoms with E-state index in [2.05, 4.69) is 18.8 Å². The van der Waals surface area contributed by atoms with Crippen LogP contribution in [-0.4, -0.2) is 22.1 Å². The van der Waals surface area contributed by atoms with Gasteiger partial charge in [0.1, 0.15) is 0 Å². The van der Waals surface area contributed by atoms with Crippen LogP contribution in [0.3, 0.4) is 0 Å². The van der Waals surface area contributed by atoms with Gasteiger partial charge in [0, 0.05) is 12.7 Å². The van der Waals surface area contributed by atoms with Gasteiger partial charge in [0.2, 0.25) is 5.82 Å². The molecule has 0 aliphatic rings. The van der Waals surface area contributed by atoms with Gasteiger partial charge in [-0.05, 0) is 44.4 Å². The third-order valence-electron chi connectivity index (χ3n) is 5.10. The van der Waals surface area contributed by atoms with E-state index in [9.17, 15) is 18.8 Å². The molecule has 0 aliphatic carbocycles. The lowest BCUT2D eigenvalue weighted by molar-refractivity contribution is -0.159. The number of esters is 1. The Morgan fingerprint density at radius 2 is 1.81 bits per heavy atom. The lowest BCUT2D eigenvalue weighted by Crippen LogP contribution is -2.36. The number of carbonyl (C=O) groups is 1. The van der Waals surface area contributed by atoms with Crippen LogP contribution in [0.1, 0.15) is 66.7 Å². The van der Waals surface area contributed by atoms with Crippen molar-refractivity contribution in [1.82, 2.24) is 9.55 Å². The first-order valence-electron chi connectivity index (χ1n) is 9.74. The number of nitrogens with one attached hydrogen (secondary N) is 1. The Morgan fingerprint density at radius 3 is 2.41 bits per heavy atom. The molecule has 6 nitrogen and oxygen atoms in total. The summed E-state index contributed by atoms with van der Waals surface area (Å²) in [4.78, 5) is 37.8. The third-order valence-corrected chi connectivity index (χ3v) is 5.10. The Labute approximate surface area is 160 Å². The number of halogens is 1. The number of aromatic amines is 1. The first-order valence-corrected chi connectivity index (χ1v) is 9.74. The van der Waals surface area contributed by atoms with Crippen LogP contribution in [0.15, 0.2) is 15.8 Å². The number of unbranched alkanes of at least 4 members (excludes halogenated alkanes) is 3. The van der Waals surface area contributed by atoms with Gasteiger partial charge in [0.15, 0.2) is 0 Å². The van der Waals surface area contributed by atoms with Crippen LogP contribution >= 0.6 is 0 Å². The molecule has 0 saturated heterocycles. The maximum Gasteiger partial charge on any atom is 0.328 e. The minimum Gasteiger partial charge on any atom is -0.465 e. The van der Waals surface area contributed by atoms with Crippen LogP contribution in [0.5, 0.6) is 0 Å². The number of ether oxygens (including phenoxy) is 1. The Kier molecular flexibility index (Phi) is 8.93. The van der Waals surface area contributed by atoms with E-state index in [0.29, 0.717) is 18.9 Å². The van der Waals surface area contributed by atoms with Gasteiger partial charge in [-0.1, -0.05) is 34.1 Å². The molecule has 0 aromatic carbocycles. The molecule has 0 bridgehead atoms. The number of carbonyl (C=O) groups excluding carboxylic acids is 1. The molecule has 1 unspecified atom stereocenters. The summed E-state index contributed by atoms with van der Waals surface area (Å²) in [6.07, 6.45) is 4.43. The largest absolute Gasteiger partial charge is 0.465 e. The number of hydrogen-bond donors (Lipinski definition) is 1. The molecular weight excluding hydrogens is 351 g/mol. The van der Waals surface area contributed by atoms with E-state index < -0.39 is 22.5 Å². The van der Waals surface area contributed by atoms with Crippen LogP contribution in [0.2, 0.25) is 0 Å². The lowest BCUT2D eigenvalue weighted by atomic mass is 9.73. The summed E-state index contributed by atoms with van der Waals surface area (Å²) >= 11 is 0. The summed E-state index contributed by atoms with van der Waals surface area (Å²) in [5.74, 6) is -0.491. The van der Waals surface area contributed by atoms with E-state index in [4.69, 9.17) is 4.74 Å². The molecular formula is C20H33FN2O4. The van der Waals surface area contributed by atoms with Crippen molar-refractivity contribution in [2.45, 2.75) is 73.3 Å². The molecule has 1 atom stereocenters. The molecule has 0 spiro atoms. The van der Waals surface area contributed by atoms with Crippen LogP contribution in [0, 0.1) is 23.1 Å². The molecule has 0 saturated carbocycles. The number of H-pyrrole nitrogens is 1. The fourth-order valence-corrected chi connectivity index (χ4v) is 3.15. The molecule has 0 fully saturated rings. The molecule has 0 aliphatic heterocycles. The van der Waals surface area contributed by atoms with Gasteiger partial charge >= 0.3 is 11.7 Å². The summed E-state index contributed by atoms with van der Waals surface area (Å²) in [5, 5.41) is 0. The second-order valence-corrected chi connectivity index (χ2v) is 8.12. The maximum absolute atomic E-state index is 13.2. The molecule has 1 N–H and O–H groups in total. The smallest absolute Gasteiger partial charge is 0.328 e. The highest BCUT2D eigenvalue weighted by Gasteiger charge is 2.38. The number of aromatic nitrogens is 2. The van der Waals surface area contributed by atoms with E-state index in [1.807, 2.05) is 20.8 Å². The van der Waals surface area contributed by atoms with Crippen LogP contribution in [-0.2, 0) is 16.1 Å². The van der Waals surface area contributed by atoms with Crippen molar-refractivity contribution in [2.75, 3.05) is 6.61 Å². The number of rotatable bonds is 11. The zero-order valence-electron chi connectivity index (χ0n) is 17.1. The van der Waals surface area contributed by atoms with Crippen LogP contribution in [0.4, 0.5) is 4.39 Å². The van der Waals surface area contributed by atoms with Crippen molar-refractivity contribution in [3.63, 3.8) is 0 Å². The highest BCUT2D eigenvalue weighted by molar-refractivity contribution is 5.76. The topological polar surface area (TPSA) is 81.2 Å². The Bertz CT molecular complexity index is 723. The van der Waals surface area contributed by atoms with Gasteiger partial charge in [0.25, 0.3) is 5.56 Å². The Hall–Kier alpha value is -1.92. The number of hydrogen-bond acceptors (Lipinski definition) is 4. The molecule has 7 heteroatoms. The fourth-order valence-electron chi connectivity index (χ4n) is 3.15. The molecule has 1 aromatic rings. The second-order valence-electron chi connectivity index (χ2n) is 8.12. The van der Waals surface area contributed by atoms with E-state index in [0.717, 1.165) is 36.4 Å². The monoisotopic (exact) mass is 384 g/mol. The van der Waals surface area contributed by atoms with Crippen molar-refractivity contribution in [2.24, 2.45) is 17.3 Å². The number of nitrogens with zero attached hydrogens (tertiary/aromatic N) is 1. The minimum atomic E-state index is -0.962. The van der Waals surface area contributed by atoms with E-state index in [-0.39, 0.29) is 18.4 Å². The van der Waals surface area contributed by atoms with E-state index in [1.54, 1.807) is 0 Å². The fraction of sp³-hybridized carbons (Fsp3) is 0.750. The van der Waals surface area contributed by atoms with E-state index >= 15 is 0 Å². The molecule has 27 heavy (non-hydrogen) atoms. The van der Waals surface area contributed by atoms with Gasteiger partial charge in [0.05, 0.1) is 12.0 Å². The first-order chi connectivity index (χ1) is 12.6. The first kappa shape index (κ1) is 23.1. The van der Waals surface area contributed by atoms with Crippen molar-refractivity contribution in [1.29, 1.82) is 0 Å². The third kappa shape index (κ3) is 6.63. The summed E-state index contributed by atoms with van der Waals surface area (Å²) in [7, 11) is 0. The summed E-state index contributed by atoms with van der Waals surface area (Å²) in [5.41, 5.74) is -1.98. The zero-order chi connectivity index (χ0) is 20.6. The highest BCUT2D eigenvalue weighted by Crippen LogP contribution is 2.35. The molecule has 0 radical (unpaired) electrons. The van der Waals surface area contributed by atoms with Crippen LogP contribution in [0.25, 0.3) is 0 Å². The van der Waals surface area contributed by atoms with Crippen LogP contribution < -0.4 is 11.2 Å². The average molecular weight is 384 g/mol. The van der Waals surface area contributed by atoms with Gasteiger partial charge in [-0.15, -0.1) is 0 Å². The SMILES string of the molecule is CC(C)CC(C)(C(=O)OCCCCCCn1c(=O)[nH]cc(F)c1=O)C(C)C. The molecule has 1 heterocycles. The summed E-state index contributed by atoms with van der Waals surface area (Å²) in [6.45, 7) is 10.8. The zero-order valence-corrected chi connectivity index (χ0v) is 17.1. The average Bonchev–Trinajstić information content (AvgIpc) is 2.58. The highest BCUT2D eigenvalue weighted by atomic mass is 19.1. The van der Waals surface area contributed by atoms with Crippen molar-refractivity contribution in [3.05, 3.63) is 32.9 Å². The minimum absolute atomic E-state index is 0.149. The van der Waals surface area contributed by atoms with Crippen molar-refractivity contribution < 1.29 is 13.9 Å². The summed E-state index contributed by atoms with van der Waals surface area (Å²) < 4.78 is 19.6. The lowest BCUT2D eigenvalue weighted by Gasteiger charge is -2.32. The molecule has 0 amide bonds. The molecule has 154 valence electrons. The molecule has 1 aromatic heterocycles. The van der Waals surface area contributed by atoms with Crippen molar-refractivity contribution in [3.8, 4) is 0 Å². The van der Waals surface area contributed by atoms with Gasteiger partial charge in [-0.3, -0.25) is 14.2 Å². The standard InChI is InChI=1S/C20H33FN2O4/c1-14(2)12-20(5,15(3)4)18(25)27-11-9-7-6-8-10-23-17(24)16(21)13-22-19(23)26/h13-15H,6-12H2,1-5H3,(H,22,26). The van der Waals surface area contributed by atoms with E-state index in [1.165, 1.54) is 0 Å².